The first-order valence-corrected chi connectivity index (χ1v) is 7.82. The van der Waals surface area contributed by atoms with Crippen molar-refractivity contribution in [2.75, 3.05) is 12.4 Å². The lowest BCUT2D eigenvalue weighted by molar-refractivity contribution is -0.118. The Labute approximate surface area is 140 Å². The number of nitrogens with one attached hydrogen (secondary N) is 1. The van der Waals surface area contributed by atoms with Gasteiger partial charge in [0.2, 0.25) is 5.91 Å². The monoisotopic (exact) mass is 331 g/mol. The summed E-state index contributed by atoms with van der Waals surface area (Å²) in [5.41, 5.74) is 1.81. The van der Waals surface area contributed by atoms with Crippen LogP contribution >= 0.6 is 11.6 Å². The third kappa shape index (κ3) is 3.05. The van der Waals surface area contributed by atoms with Crippen molar-refractivity contribution in [2.24, 2.45) is 0 Å². The van der Waals surface area contributed by atoms with E-state index in [1.807, 2.05) is 24.3 Å². The van der Waals surface area contributed by atoms with Gasteiger partial charge < -0.3 is 15.2 Å². The first-order valence-electron chi connectivity index (χ1n) is 7.44. The molecule has 0 saturated heterocycles. The minimum Gasteiger partial charge on any atom is -0.496 e. The van der Waals surface area contributed by atoms with E-state index in [0.29, 0.717) is 22.0 Å². The third-order valence-corrected chi connectivity index (χ3v) is 4.54. The maximum atomic E-state index is 12.7. The molecule has 0 spiro atoms. The summed E-state index contributed by atoms with van der Waals surface area (Å²) in [5, 5.41) is 13.0. The van der Waals surface area contributed by atoms with E-state index in [1.54, 1.807) is 25.3 Å². The number of hydrogen-bond donors (Lipinski definition) is 2. The molecule has 2 N–H and O–H groups in total. The van der Waals surface area contributed by atoms with Crippen molar-refractivity contribution < 1.29 is 14.6 Å². The summed E-state index contributed by atoms with van der Waals surface area (Å²) in [6, 6.07) is 12.7. The van der Waals surface area contributed by atoms with Crippen LogP contribution in [0.5, 0.6) is 5.75 Å². The first-order chi connectivity index (χ1) is 11.1. The zero-order valence-electron chi connectivity index (χ0n) is 12.8. The molecule has 2 aromatic rings. The Balaban J connectivity index is 1.80. The number of aliphatic hydroxyl groups is 1. The Bertz CT molecular complexity index is 724. The topological polar surface area (TPSA) is 58.6 Å². The van der Waals surface area contributed by atoms with Gasteiger partial charge in [-0.15, -0.1) is 0 Å². The molecule has 4 nitrogen and oxygen atoms in total. The lowest BCUT2D eigenvalue weighted by Gasteiger charge is -2.17. The Morgan fingerprint density at radius 3 is 2.52 bits per heavy atom. The maximum Gasteiger partial charge on any atom is 0.235 e. The van der Waals surface area contributed by atoms with Gasteiger partial charge in [-0.2, -0.15) is 0 Å². The molecule has 5 heteroatoms. The summed E-state index contributed by atoms with van der Waals surface area (Å²) in [7, 11) is 1.55. The SMILES string of the molecule is COc1ccc(NC(=O)C2(c3ccc(Cl)cc3)CC2)cc1CO. The lowest BCUT2D eigenvalue weighted by Crippen LogP contribution is -2.27. The molecule has 1 saturated carbocycles. The zero-order chi connectivity index (χ0) is 16.4. The third-order valence-electron chi connectivity index (χ3n) is 4.29. The fourth-order valence-corrected chi connectivity index (χ4v) is 2.90. The number of anilines is 1. The summed E-state index contributed by atoms with van der Waals surface area (Å²) in [6.07, 6.45) is 1.65. The highest BCUT2D eigenvalue weighted by atomic mass is 35.5. The van der Waals surface area contributed by atoms with Gasteiger partial charge in [0.05, 0.1) is 19.1 Å². The van der Waals surface area contributed by atoms with Crippen LogP contribution in [0.4, 0.5) is 5.69 Å². The number of carbonyl (C=O) groups is 1. The Morgan fingerprint density at radius 2 is 1.96 bits per heavy atom. The highest BCUT2D eigenvalue weighted by Gasteiger charge is 2.51. The van der Waals surface area contributed by atoms with Gasteiger partial charge in [0, 0.05) is 16.3 Å². The van der Waals surface area contributed by atoms with Crippen molar-refractivity contribution in [3.8, 4) is 5.75 Å². The smallest absolute Gasteiger partial charge is 0.235 e. The molecular formula is C18H18ClNO3. The van der Waals surface area contributed by atoms with Gasteiger partial charge in [0.1, 0.15) is 5.75 Å². The fraction of sp³-hybridized carbons (Fsp3) is 0.278. The van der Waals surface area contributed by atoms with E-state index < -0.39 is 5.41 Å². The minimum atomic E-state index is -0.468. The number of rotatable bonds is 5. The number of benzene rings is 2. The van der Waals surface area contributed by atoms with Crippen LogP contribution < -0.4 is 10.1 Å². The second-order valence-corrected chi connectivity index (χ2v) is 6.16. The molecule has 0 bridgehead atoms. The molecule has 0 radical (unpaired) electrons. The van der Waals surface area contributed by atoms with Crippen LogP contribution in [0, 0.1) is 0 Å². The largest absolute Gasteiger partial charge is 0.496 e. The molecule has 0 atom stereocenters. The van der Waals surface area contributed by atoms with Crippen molar-refractivity contribution in [3.05, 3.63) is 58.6 Å². The average molecular weight is 332 g/mol. The fourth-order valence-electron chi connectivity index (χ4n) is 2.77. The number of hydrogen-bond acceptors (Lipinski definition) is 3. The predicted octanol–water partition coefficient (Wildman–Crippen LogP) is 3.51. The zero-order valence-corrected chi connectivity index (χ0v) is 13.6. The molecule has 120 valence electrons. The second-order valence-electron chi connectivity index (χ2n) is 5.73. The van der Waals surface area contributed by atoms with Crippen LogP contribution in [0.1, 0.15) is 24.0 Å². The number of amides is 1. The van der Waals surface area contributed by atoms with Crippen molar-refractivity contribution in [3.63, 3.8) is 0 Å². The summed E-state index contributed by atoms with van der Waals surface area (Å²) in [6.45, 7) is -0.144. The van der Waals surface area contributed by atoms with Crippen LogP contribution in [0.3, 0.4) is 0 Å². The summed E-state index contributed by atoms with van der Waals surface area (Å²) >= 11 is 5.92. The number of halogens is 1. The maximum absolute atomic E-state index is 12.7. The number of ether oxygens (including phenoxy) is 1. The lowest BCUT2D eigenvalue weighted by atomic mass is 9.95. The standard InChI is InChI=1S/C18H18ClNO3/c1-23-16-7-6-15(10-12(16)11-21)20-17(22)18(8-9-18)13-2-4-14(19)5-3-13/h2-7,10,21H,8-9,11H2,1H3,(H,20,22). The Hall–Kier alpha value is -2.04. The van der Waals surface area contributed by atoms with Crippen molar-refractivity contribution >= 4 is 23.2 Å². The summed E-state index contributed by atoms with van der Waals surface area (Å²) in [5.74, 6) is 0.568. The highest BCUT2D eigenvalue weighted by Crippen LogP contribution is 2.49. The van der Waals surface area contributed by atoms with Crippen LogP contribution in [-0.4, -0.2) is 18.1 Å². The average Bonchev–Trinajstić information content (AvgIpc) is 3.37. The van der Waals surface area contributed by atoms with Crippen molar-refractivity contribution in [1.82, 2.24) is 0 Å². The molecule has 0 aromatic heterocycles. The molecule has 23 heavy (non-hydrogen) atoms. The Morgan fingerprint density at radius 1 is 1.26 bits per heavy atom. The Kier molecular flexibility index (Phi) is 4.28. The van der Waals surface area contributed by atoms with E-state index in [9.17, 15) is 9.90 Å². The second kappa shape index (κ2) is 6.22. The molecule has 1 fully saturated rings. The summed E-state index contributed by atoms with van der Waals surface area (Å²) < 4.78 is 5.17. The molecule has 1 aliphatic rings. The molecule has 0 unspecified atom stereocenters. The molecular weight excluding hydrogens is 314 g/mol. The van der Waals surface area contributed by atoms with Crippen LogP contribution in [-0.2, 0) is 16.8 Å². The van der Waals surface area contributed by atoms with Crippen LogP contribution in [0.15, 0.2) is 42.5 Å². The van der Waals surface area contributed by atoms with E-state index >= 15 is 0 Å². The van der Waals surface area contributed by atoms with Gasteiger partial charge in [-0.1, -0.05) is 23.7 Å². The molecule has 0 heterocycles. The van der Waals surface area contributed by atoms with Crippen LogP contribution in [0.25, 0.3) is 0 Å². The van der Waals surface area contributed by atoms with E-state index in [1.165, 1.54) is 0 Å². The quantitative estimate of drug-likeness (QED) is 0.881. The number of aliphatic hydroxyl groups excluding tert-OH is 1. The number of methoxy groups -OCH3 is 1. The molecule has 1 amide bonds. The van der Waals surface area contributed by atoms with E-state index in [-0.39, 0.29) is 12.5 Å². The number of carbonyl (C=O) groups excluding carboxylic acids is 1. The van der Waals surface area contributed by atoms with Crippen LogP contribution in [0.2, 0.25) is 5.02 Å². The van der Waals surface area contributed by atoms with E-state index in [2.05, 4.69) is 5.32 Å². The normalized spacial score (nSPS) is 15.1. The van der Waals surface area contributed by atoms with E-state index in [4.69, 9.17) is 16.3 Å². The van der Waals surface area contributed by atoms with Gasteiger partial charge in [-0.3, -0.25) is 4.79 Å². The van der Waals surface area contributed by atoms with Gasteiger partial charge >= 0.3 is 0 Å². The minimum absolute atomic E-state index is 0.0334. The highest BCUT2D eigenvalue weighted by molar-refractivity contribution is 6.30. The molecule has 0 aliphatic heterocycles. The summed E-state index contributed by atoms with van der Waals surface area (Å²) in [4.78, 5) is 12.7. The van der Waals surface area contributed by atoms with Gasteiger partial charge in [-0.25, -0.2) is 0 Å². The van der Waals surface area contributed by atoms with E-state index in [0.717, 1.165) is 18.4 Å². The molecule has 2 aromatic carbocycles. The first kappa shape index (κ1) is 15.8. The van der Waals surface area contributed by atoms with Crippen molar-refractivity contribution in [2.45, 2.75) is 24.9 Å². The molecule has 3 rings (SSSR count). The molecule has 1 aliphatic carbocycles. The van der Waals surface area contributed by atoms with Gasteiger partial charge in [0.25, 0.3) is 0 Å². The van der Waals surface area contributed by atoms with Gasteiger partial charge in [0.15, 0.2) is 0 Å². The van der Waals surface area contributed by atoms with Gasteiger partial charge in [-0.05, 0) is 48.7 Å². The predicted molar refractivity (Wildman–Crippen MR) is 89.9 cm³/mol. The van der Waals surface area contributed by atoms with Crippen molar-refractivity contribution in [1.29, 1.82) is 0 Å².